The number of hydrogen-bond donors (Lipinski definition) is 3. The molecule has 3 rings (SSSR count). The highest BCUT2D eigenvalue weighted by Gasteiger charge is 2.13. The van der Waals surface area contributed by atoms with E-state index in [-0.39, 0.29) is 12.5 Å². The van der Waals surface area contributed by atoms with Gasteiger partial charge in [-0.15, -0.1) is 0 Å². The normalized spacial score (nSPS) is 12.1. The molecule has 29 heavy (non-hydrogen) atoms. The zero-order valence-electron chi connectivity index (χ0n) is 16.8. The summed E-state index contributed by atoms with van der Waals surface area (Å²) in [6.07, 6.45) is 3.30. The van der Waals surface area contributed by atoms with Crippen molar-refractivity contribution in [2.75, 3.05) is 30.4 Å². The highest BCUT2D eigenvalue weighted by atomic mass is 16.5. The Bertz CT molecular complexity index is 882. The molecule has 0 saturated carbocycles. The van der Waals surface area contributed by atoms with E-state index in [1.807, 2.05) is 26.0 Å². The van der Waals surface area contributed by atoms with Crippen LogP contribution in [0.2, 0.25) is 0 Å². The smallest absolute Gasteiger partial charge is 0.319 e. The molecule has 0 spiro atoms. The van der Waals surface area contributed by atoms with Crippen LogP contribution in [0.25, 0.3) is 0 Å². The first kappa shape index (κ1) is 20.5. The van der Waals surface area contributed by atoms with Gasteiger partial charge in [0, 0.05) is 17.4 Å². The van der Waals surface area contributed by atoms with Crippen molar-refractivity contribution in [3.8, 4) is 11.5 Å². The topological polar surface area (TPSA) is 88.7 Å². The van der Waals surface area contributed by atoms with Gasteiger partial charge in [-0.1, -0.05) is 6.07 Å². The number of benzene rings is 2. The standard InChI is InChI=1S/C22H27N3O4/c1-3-28-19-11-10-18(13-20(19)29-4-2)25-22(27)23-14-21(26)24-17-9-8-15-6-5-7-16(15)12-17/h8-13H,3-7,14H2,1-2H3,(H,24,26)(H2,23,25,27). The summed E-state index contributed by atoms with van der Waals surface area (Å²) in [7, 11) is 0. The molecule has 1 aliphatic rings. The molecule has 0 atom stereocenters. The molecule has 0 saturated heterocycles. The van der Waals surface area contributed by atoms with Gasteiger partial charge in [0.25, 0.3) is 0 Å². The molecule has 0 heterocycles. The van der Waals surface area contributed by atoms with Gasteiger partial charge in [-0.25, -0.2) is 4.79 Å². The molecule has 3 amide bonds. The van der Waals surface area contributed by atoms with Gasteiger partial charge >= 0.3 is 6.03 Å². The first-order valence-electron chi connectivity index (χ1n) is 9.95. The maximum Gasteiger partial charge on any atom is 0.319 e. The van der Waals surface area contributed by atoms with E-state index in [1.165, 1.54) is 11.1 Å². The second-order valence-corrected chi connectivity index (χ2v) is 6.72. The first-order valence-corrected chi connectivity index (χ1v) is 9.95. The number of aryl methyl sites for hydroxylation is 2. The summed E-state index contributed by atoms with van der Waals surface area (Å²) in [5.41, 5.74) is 3.94. The largest absolute Gasteiger partial charge is 0.490 e. The number of carbonyl (C=O) groups excluding carboxylic acids is 2. The maximum atomic E-state index is 12.1. The lowest BCUT2D eigenvalue weighted by molar-refractivity contribution is -0.115. The molecule has 0 aliphatic heterocycles. The number of carbonyl (C=O) groups is 2. The fraction of sp³-hybridized carbons (Fsp3) is 0.364. The lowest BCUT2D eigenvalue weighted by atomic mass is 10.1. The zero-order valence-corrected chi connectivity index (χ0v) is 16.8. The van der Waals surface area contributed by atoms with Crippen molar-refractivity contribution in [3.05, 3.63) is 47.5 Å². The lowest BCUT2D eigenvalue weighted by Crippen LogP contribution is -2.35. The van der Waals surface area contributed by atoms with E-state index in [0.29, 0.717) is 30.4 Å². The molecule has 7 heteroatoms. The Hall–Kier alpha value is -3.22. The number of rotatable bonds is 8. The molecular weight excluding hydrogens is 370 g/mol. The van der Waals surface area contributed by atoms with Crippen LogP contribution in [0.3, 0.4) is 0 Å². The number of anilines is 2. The molecule has 2 aromatic carbocycles. The van der Waals surface area contributed by atoms with Crippen LogP contribution in [0.1, 0.15) is 31.4 Å². The Balaban J connectivity index is 1.50. The Morgan fingerprint density at radius 1 is 0.862 bits per heavy atom. The number of ether oxygens (including phenoxy) is 2. The molecule has 0 fully saturated rings. The van der Waals surface area contributed by atoms with Gasteiger partial charge in [0.1, 0.15) is 0 Å². The average molecular weight is 397 g/mol. The fourth-order valence-corrected chi connectivity index (χ4v) is 3.32. The van der Waals surface area contributed by atoms with Crippen LogP contribution in [0.5, 0.6) is 11.5 Å². The second-order valence-electron chi connectivity index (χ2n) is 6.72. The summed E-state index contributed by atoms with van der Waals surface area (Å²) in [4.78, 5) is 24.3. The summed E-state index contributed by atoms with van der Waals surface area (Å²) in [6, 6.07) is 10.6. The van der Waals surface area contributed by atoms with Crippen molar-refractivity contribution < 1.29 is 19.1 Å². The Kier molecular flexibility index (Phi) is 6.94. The van der Waals surface area contributed by atoms with Gasteiger partial charge in [0.05, 0.1) is 19.8 Å². The van der Waals surface area contributed by atoms with Crippen LogP contribution in [0.15, 0.2) is 36.4 Å². The molecular formula is C22H27N3O4. The van der Waals surface area contributed by atoms with Gasteiger partial charge in [-0.3, -0.25) is 4.79 Å². The van der Waals surface area contributed by atoms with E-state index >= 15 is 0 Å². The molecule has 2 aromatic rings. The van der Waals surface area contributed by atoms with Gasteiger partial charge in [-0.05, 0) is 68.5 Å². The third kappa shape index (κ3) is 5.63. The van der Waals surface area contributed by atoms with Gasteiger partial charge < -0.3 is 25.4 Å². The average Bonchev–Trinajstić information content (AvgIpc) is 3.16. The molecule has 3 N–H and O–H groups in total. The van der Waals surface area contributed by atoms with Crippen molar-refractivity contribution in [3.63, 3.8) is 0 Å². The zero-order chi connectivity index (χ0) is 20.6. The quantitative estimate of drug-likeness (QED) is 0.633. The van der Waals surface area contributed by atoms with Crippen molar-refractivity contribution in [1.29, 1.82) is 0 Å². The number of urea groups is 1. The van der Waals surface area contributed by atoms with E-state index in [0.717, 1.165) is 24.9 Å². The SMILES string of the molecule is CCOc1ccc(NC(=O)NCC(=O)Nc2ccc3c(c2)CCC3)cc1OCC. The number of amides is 3. The second kappa shape index (κ2) is 9.82. The molecule has 7 nitrogen and oxygen atoms in total. The minimum Gasteiger partial charge on any atom is -0.490 e. The predicted molar refractivity (Wildman–Crippen MR) is 113 cm³/mol. The molecule has 0 aromatic heterocycles. The van der Waals surface area contributed by atoms with E-state index in [2.05, 4.69) is 22.0 Å². The molecule has 0 radical (unpaired) electrons. The van der Waals surface area contributed by atoms with Gasteiger partial charge in [0.2, 0.25) is 5.91 Å². The highest BCUT2D eigenvalue weighted by molar-refractivity contribution is 5.97. The number of fused-ring (bicyclic) bond motifs is 1. The number of nitrogens with one attached hydrogen (secondary N) is 3. The van der Waals surface area contributed by atoms with E-state index in [9.17, 15) is 9.59 Å². The summed E-state index contributed by atoms with van der Waals surface area (Å²) in [5, 5.41) is 8.08. The summed E-state index contributed by atoms with van der Waals surface area (Å²) in [6.45, 7) is 4.65. The van der Waals surface area contributed by atoms with E-state index in [1.54, 1.807) is 18.2 Å². The van der Waals surface area contributed by atoms with Crippen LogP contribution < -0.4 is 25.4 Å². The summed E-state index contributed by atoms with van der Waals surface area (Å²) < 4.78 is 11.1. The van der Waals surface area contributed by atoms with Crippen LogP contribution in [0, 0.1) is 0 Å². The van der Waals surface area contributed by atoms with Gasteiger partial charge in [-0.2, -0.15) is 0 Å². The molecule has 0 unspecified atom stereocenters. The van der Waals surface area contributed by atoms with Crippen molar-refractivity contribution in [1.82, 2.24) is 5.32 Å². The highest BCUT2D eigenvalue weighted by Crippen LogP contribution is 2.30. The molecule has 1 aliphatic carbocycles. The maximum absolute atomic E-state index is 12.1. The van der Waals surface area contributed by atoms with Crippen molar-refractivity contribution in [2.24, 2.45) is 0 Å². The minimum atomic E-state index is -0.472. The third-order valence-electron chi connectivity index (χ3n) is 4.59. The monoisotopic (exact) mass is 397 g/mol. The Labute approximate surface area is 170 Å². The fourth-order valence-electron chi connectivity index (χ4n) is 3.32. The summed E-state index contributed by atoms with van der Waals surface area (Å²) in [5.74, 6) is 0.898. The Morgan fingerprint density at radius 2 is 1.55 bits per heavy atom. The minimum absolute atomic E-state index is 0.127. The van der Waals surface area contributed by atoms with Crippen LogP contribution >= 0.6 is 0 Å². The number of hydrogen-bond acceptors (Lipinski definition) is 4. The molecule has 154 valence electrons. The van der Waals surface area contributed by atoms with Crippen molar-refractivity contribution in [2.45, 2.75) is 33.1 Å². The third-order valence-corrected chi connectivity index (χ3v) is 4.59. The lowest BCUT2D eigenvalue weighted by Gasteiger charge is -2.13. The van der Waals surface area contributed by atoms with Crippen LogP contribution in [-0.2, 0) is 17.6 Å². The van der Waals surface area contributed by atoms with E-state index in [4.69, 9.17) is 9.47 Å². The van der Waals surface area contributed by atoms with Crippen molar-refractivity contribution >= 4 is 23.3 Å². The van der Waals surface area contributed by atoms with Crippen LogP contribution in [-0.4, -0.2) is 31.7 Å². The van der Waals surface area contributed by atoms with E-state index < -0.39 is 6.03 Å². The Morgan fingerprint density at radius 3 is 2.34 bits per heavy atom. The van der Waals surface area contributed by atoms with Gasteiger partial charge in [0.15, 0.2) is 11.5 Å². The predicted octanol–water partition coefficient (Wildman–Crippen LogP) is 3.73. The first-order chi connectivity index (χ1) is 14.1. The summed E-state index contributed by atoms with van der Waals surface area (Å²) >= 11 is 0. The van der Waals surface area contributed by atoms with Crippen LogP contribution in [0.4, 0.5) is 16.2 Å². The molecule has 0 bridgehead atoms.